The summed E-state index contributed by atoms with van der Waals surface area (Å²) in [4.78, 5) is 127. The number of rotatable bonds is 38. The highest BCUT2D eigenvalue weighted by Crippen LogP contribution is 2.21. The van der Waals surface area contributed by atoms with E-state index in [0.717, 1.165) is 32.1 Å². The normalized spacial score (nSPS) is 15.3. The van der Waals surface area contributed by atoms with Crippen LogP contribution in [0.5, 0.6) is 0 Å². The Bertz CT molecular complexity index is 2070. The molecule has 18 N–H and O–H groups in total. The van der Waals surface area contributed by atoms with Crippen LogP contribution in [-0.4, -0.2) is 130 Å². The van der Waals surface area contributed by atoms with Gasteiger partial charge in [0.15, 0.2) is 5.96 Å². The zero-order valence-electron chi connectivity index (χ0n) is 46.4. The van der Waals surface area contributed by atoms with Crippen LogP contribution < -0.4 is 65.9 Å². The first-order valence-electron chi connectivity index (χ1n) is 26.6. The summed E-state index contributed by atoms with van der Waals surface area (Å²) in [7, 11) is 0. The molecule has 0 aliphatic carbocycles. The maximum absolute atomic E-state index is 13.9. The lowest BCUT2D eigenvalue weighted by Crippen LogP contribution is -2.64. The molecule has 0 saturated carbocycles. The zero-order chi connectivity index (χ0) is 57.8. The number of carbonyl (C=O) groups is 9. The number of pyridine rings is 1. The molecule has 1 heterocycles. The minimum absolute atomic E-state index is 0.000685. The number of aliphatic hydroxyl groups excluding tert-OH is 1. The van der Waals surface area contributed by atoms with Crippen LogP contribution in [0.15, 0.2) is 29.4 Å². The van der Waals surface area contributed by atoms with Crippen LogP contribution in [0, 0.1) is 17.8 Å². The molecule has 0 fully saturated rings. The fraction of sp³-hybridized carbons (Fsp3) is 0.712. The van der Waals surface area contributed by atoms with Crippen LogP contribution in [0.25, 0.3) is 0 Å². The average Bonchev–Trinajstić information content (AvgIpc) is 3.33. The van der Waals surface area contributed by atoms with Gasteiger partial charge < -0.3 is 71.0 Å². The number of nitrogens with two attached hydrogens (primary N) is 5. The number of nitrogens with zero attached hydrogens (tertiary/aromatic N) is 2. The number of nitrogens with one attached hydrogen (secondary N) is 7. The van der Waals surface area contributed by atoms with Crippen molar-refractivity contribution >= 4 is 59.1 Å². The van der Waals surface area contributed by atoms with Crippen molar-refractivity contribution in [3.8, 4) is 0 Å². The van der Waals surface area contributed by atoms with E-state index in [0.29, 0.717) is 32.2 Å². The van der Waals surface area contributed by atoms with Crippen molar-refractivity contribution in [1.82, 2.24) is 42.2 Å². The van der Waals surface area contributed by atoms with Gasteiger partial charge in [-0.15, -0.1) is 0 Å². The molecule has 0 aliphatic heterocycles. The minimum atomic E-state index is -1.60. The Labute approximate surface area is 448 Å². The Morgan fingerprint density at radius 1 is 0.579 bits per heavy atom. The molecular weight excluding hydrogens is 981 g/mol. The van der Waals surface area contributed by atoms with E-state index in [1.807, 2.05) is 41.5 Å². The van der Waals surface area contributed by atoms with Gasteiger partial charge in [-0.3, -0.25) is 53.1 Å². The summed E-state index contributed by atoms with van der Waals surface area (Å²) in [6.45, 7) is 15.2. The highest BCUT2D eigenvalue weighted by atomic mass is 16.3. The highest BCUT2D eigenvalue weighted by molar-refractivity contribution is 5.99. The van der Waals surface area contributed by atoms with Gasteiger partial charge in [0.1, 0.15) is 47.0 Å². The summed E-state index contributed by atoms with van der Waals surface area (Å²) in [6.07, 6.45) is 8.94. The number of aliphatic hydroxyl groups is 1. The number of primary amides is 2. The number of unbranched alkanes of at least 4 members (excludes halogenated alkanes) is 7. The van der Waals surface area contributed by atoms with E-state index >= 15 is 0 Å². The Balaban J connectivity index is 2.90. The van der Waals surface area contributed by atoms with Crippen molar-refractivity contribution in [3.05, 3.63) is 30.1 Å². The largest absolute Gasteiger partial charge is 0.394 e. The molecule has 0 aliphatic rings. The van der Waals surface area contributed by atoms with E-state index in [1.165, 1.54) is 26.1 Å². The lowest BCUT2D eigenvalue weighted by atomic mass is 9.90. The van der Waals surface area contributed by atoms with Crippen LogP contribution in [-0.2, 0) is 38.4 Å². The molecule has 1 aromatic heterocycles. The summed E-state index contributed by atoms with van der Waals surface area (Å²) in [5, 5.41) is 28.8. The number of aromatic nitrogens is 1. The Morgan fingerprint density at radius 2 is 1.05 bits per heavy atom. The molecule has 8 atom stereocenters. The minimum Gasteiger partial charge on any atom is -0.394 e. The third kappa shape index (κ3) is 25.9. The monoisotopic (exact) mass is 1070 g/mol. The van der Waals surface area contributed by atoms with Gasteiger partial charge >= 0.3 is 0 Å². The van der Waals surface area contributed by atoms with Gasteiger partial charge in [-0.25, -0.2) is 0 Å². The third-order valence-corrected chi connectivity index (χ3v) is 12.7. The standard InChI is InChI=1S/C52H92N14O10/c1-31(2)27-37(41(54)68)64-49(76)52(9,66-47(74)40(30-67)63-42(69)34(7)60-44(71)36-22-16-19-25-58-36)24-18-15-13-11-10-12-14-17-23-51(8,48(55)75)65-46(73)39(29-33(5)6)62-45(72)38(28-32(3)4)61-43(70)35(53)21-20-26-59-50(56)57/h16,19,22,25,31-35,37-40,67H,10-15,17-18,20-21,23-24,26-30,53H2,1-9H3,(H2,54,68)(H2,55,75)(H,60,71)(H,61,70)(H,62,72)(H,63,69)(H,64,76)(H,65,73)(H,66,74)(H4,56,57,59)/t34?,35?,37?,38?,39?,40?,51?,52-/m0/s1. The Morgan fingerprint density at radius 3 is 1.54 bits per heavy atom. The number of guanidine groups is 1. The van der Waals surface area contributed by atoms with Crippen molar-refractivity contribution in [3.63, 3.8) is 0 Å². The predicted octanol–water partition coefficient (Wildman–Crippen LogP) is 0.272. The van der Waals surface area contributed by atoms with Crippen molar-refractivity contribution in [2.45, 2.75) is 206 Å². The van der Waals surface area contributed by atoms with Gasteiger partial charge in [0.2, 0.25) is 47.3 Å². The van der Waals surface area contributed by atoms with Crippen molar-refractivity contribution in [2.24, 2.45) is 51.4 Å². The van der Waals surface area contributed by atoms with Gasteiger partial charge in [0.25, 0.3) is 5.91 Å². The summed E-state index contributed by atoms with van der Waals surface area (Å²) in [6, 6.07) is -1.88. The van der Waals surface area contributed by atoms with Gasteiger partial charge in [0, 0.05) is 12.7 Å². The lowest BCUT2D eigenvalue weighted by molar-refractivity contribution is -0.137. The first-order chi connectivity index (χ1) is 35.5. The molecule has 76 heavy (non-hydrogen) atoms. The highest BCUT2D eigenvalue weighted by Gasteiger charge is 2.39. The van der Waals surface area contributed by atoms with E-state index in [2.05, 4.69) is 47.2 Å². The fourth-order valence-electron chi connectivity index (χ4n) is 8.18. The molecule has 430 valence electrons. The molecule has 0 bridgehead atoms. The smallest absolute Gasteiger partial charge is 0.270 e. The van der Waals surface area contributed by atoms with E-state index < -0.39 is 107 Å². The zero-order valence-corrected chi connectivity index (χ0v) is 46.4. The fourth-order valence-corrected chi connectivity index (χ4v) is 8.18. The quantitative estimate of drug-likeness (QED) is 0.0240. The average molecular weight is 1070 g/mol. The van der Waals surface area contributed by atoms with Gasteiger partial charge in [-0.2, -0.15) is 0 Å². The number of amides is 9. The van der Waals surface area contributed by atoms with E-state index in [1.54, 1.807) is 19.1 Å². The summed E-state index contributed by atoms with van der Waals surface area (Å²) >= 11 is 0. The molecule has 0 aromatic carbocycles. The summed E-state index contributed by atoms with van der Waals surface area (Å²) in [5.41, 5.74) is 25.4. The van der Waals surface area contributed by atoms with Gasteiger partial charge in [-0.1, -0.05) is 99.0 Å². The topological polar surface area (TPSA) is 413 Å². The van der Waals surface area contributed by atoms with Gasteiger partial charge in [0.05, 0.1) is 12.6 Å². The number of carbonyl (C=O) groups excluding carboxylic acids is 9. The van der Waals surface area contributed by atoms with Crippen LogP contribution in [0.3, 0.4) is 0 Å². The van der Waals surface area contributed by atoms with Crippen LogP contribution in [0.2, 0.25) is 0 Å². The van der Waals surface area contributed by atoms with E-state index in [9.17, 15) is 48.3 Å². The molecule has 1 aromatic rings. The molecule has 24 heteroatoms. The summed E-state index contributed by atoms with van der Waals surface area (Å²) < 4.78 is 0. The molecule has 0 spiro atoms. The molecule has 0 radical (unpaired) electrons. The number of hydrogen-bond donors (Lipinski definition) is 13. The van der Waals surface area contributed by atoms with Crippen LogP contribution in [0.4, 0.5) is 0 Å². The van der Waals surface area contributed by atoms with Crippen molar-refractivity contribution in [1.29, 1.82) is 0 Å². The lowest BCUT2D eigenvalue weighted by Gasteiger charge is -2.33. The molecular formula is C52H92N14O10. The van der Waals surface area contributed by atoms with Gasteiger partial charge in [-0.05, 0) is 95.6 Å². The summed E-state index contributed by atoms with van der Waals surface area (Å²) in [5.74, 6) is -6.19. The third-order valence-electron chi connectivity index (χ3n) is 12.7. The van der Waals surface area contributed by atoms with E-state index in [-0.39, 0.29) is 67.9 Å². The molecule has 1 rings (SSSR count). The maximum atomic E-state index is 13.9. The van der Waals surface area contributed by atoms with Crippen LogP contribution >= 0.6 is 0 Å². The number of aliphatic imine (C=N–C) groups is 1. The van der Waals surface area contributed by atoms with Crippen molar-refractivity contribution in [2.75, 3.05) is 13.2 Å². The first-order valence-corrected chi connectivity index (χ1v) is 26.6. The SMILES string of the molecule is CC(C)CC(NC(=O)[C@](C)(CCCCCCCCCCC(C)(NC(=O)C(CC(C)C)NC(=O)C(CC(C)C)NC(=O)C(N)CCCN=C(N)N)C(N)=O)NC(=O)C(CO)NC(=O)C(C)NC(=O)c1ccccn1)C(N)=O. The number of hydrogen-bond acceptors (Lipinski definition) is 13. The second kappa shape index (κ2) is 34.3. The Hall–Kier alpha value is -6.43. The molecule has 0 saturated heterocycles. The second-order valence-electron chi connectivity index (χ2n) is 21.5. The first kappa shape index (κ1) is 67.6. The predicted molar refractivity (Wildman–Crippen MR) is 290 cm³/mol. The Kier molecular flexibility index (Phi) is 30.5. The van der Waals surface area contributed by atoms with E-state index in [4.69, 9.17) is 28.7 Å². The second-order valence-corrected chi connectivity index (χ2v) is 21.5. The molecule has 24 nitrogen and oxygen atoms in total. The van der Waals surface area contributed by atoms with Crippen LogP contribution in [0.1, 0.15) is 169 Å². The molecule has 7 unspecified atom stereocenters. The van der Waals surface area contributed by atoms with Crippen molar-refractivity contribution < 1.29 is 48.3 Å². The molecule has 9 amide bonds. The maximum Gasteiger partial charge on any atom is 0.270 e.